The molecule has 1 fully saturated rings. The summed E-state index contributed by atoms with van der Waals surface area (Å²) in [6, 6.07) is 4.03. The highest BCUT2D eigenvalue weighted by atomic mass is 16.6. The minimum atomic E-state index is -1.13. The Morgan fingerprint density at radius 1 is 1.35 bits per heavy atom. The molecule has 0 bridgehead atoms. The van der Waals surface area contributed by atoms with Crippen molar-refractivity contribution in [2.75, 3.05) is 33.2 Å². The Labute approximate surface area is 116 Å². The van der Waals surface area contributed by atoms with Crippen molar-refractivity contribution < 1.29 is 14.8 Å². The lowest BCUT2D eigenvalue weighted by molar-refractivity contribution is -0.384. The molecule has 0 unspecified atom stereocenters. The van der Waals surface area contributed by atoms with Crippen molar-refractivity contribution in [2.24, 2.45) is 0 Å². The van der Waals surface area contributed by atoms with Crippen LogP contribution >= 0.6 is 0 Å². The van der Waals surface area contributed by atoms with E-state index in [0.29, 0.717) is 12.1 Å². The Hall–Kier alpha value is -1.99. The van der Waals surface area contributed by atoms with Gasteiger partial charge in [0.2, 0.25) is 0 Å². The van der Waals surface area contributed by atoms with E-state index in [-0.39, 0.29) is 11.3 Å². The maximum absolute atomic E-state index is 11.2. The van der Waals surface area contributed by atoms with Gasteiger partial charge in [0.1, 0.15) is 0 Å². The van der Waals surface area contributed by atoms with Crippen molar-refractivity contribution in [3.05, 3.63) is 39.4 Å². The minimum absolute atomic E-state index is 0.0122. The number of non-ortho nitro benzene ring substituents is 1. The Kier molecular flexibility index (Phi) is 4.31. The van der Waals surface area contributed by atoms with Crippen LogP contribution in [0.2, 0.25) is 0 Å². The van der Waals surface area contributed by atoms with Crippen LogP contribution in [0.15, 0.2) is 18.2 Å². The largest absolute Gasteiger partial charge is 0.478 e. The van der Waals surface area contributed by atoms with E-state index in [4.69, 9.17) is 0 Å². The topological polar surface area (TPSA) is 86.9 Å². The first kappa shape index (κ1) is 14.4. The third-order valence-corrected chi connectivity index (χ3v) is 3.52. The zero-order chi connectivity index (χ0) is 14.7. The summed E-state index contributed by atoms with van der Waals surface area (Å²) < 4.78 is 0. The molecule has 20 heavy (non-hydrogen) atoms. The van der Waals surface area contributed by atoms with Crippen LogP contribution in [0.4, 0.5) is 5.69 Å². The van der Waals surface area contributed by atoms with Gasteiger partial charge in [-0.15, -0.1) is 0 Å². The van der Waals surface area contributed by atoms with Gasteiger partial charge in [-0.1, -0.05) is 6.07 Å². The lowest BCUT2D eigenvalue weighted by Gasteiger charge is -2.32. The van der Waals surface area contributed by atoms with Crippen LogP contribution in [0.5, 0.6) is 0 Å². The van der Waals surface area contributed by atoms with Gasteiger partial charge < -0.3 is 10.0 Å². The van der Waals surface area contributed by atoms with Crippen molar-refractivity contribution in [1.29, 1.82) is 0 Å². The monoisotopic (exact) mass is 279 g/mol. The van der Waals surface area contributed by atoms with Gasteiger partial charge in [-0.25, -0.2) is 4.79 Å². The fourth-order valence-electron chi connectivity index (χ4n) is 2.26. The van der Waals surface area contributed by atoms with Crippen molar-refractivity contribution in [2.45, 2.75) is 6.54 Å². The maximum atomic E-state index is 11.2. The quantitative estimate of drug-likeness (QED) is 0.654. The molecule has 2 rings (SSSR count). The molecule has 1 N–H and O–H groups in total. The van der Waals surface area contributed by atoms with Crippen LogP contribution < -0.4 is 0 Å². The molecule has 0 atom stereocenters. The Balaban J connectivity index is 2.18. The molecule has 7 heteroatoms. The molecule has 1 aromatic carbocycles. The number of carbonyl (C=O) groups is 1. The summed E-state index contributed by atoms with van der Waals surface area (Å²) in [5.74, 6) is -1.13. The van der Waals surface area contributed by atoms with Crippen LogP contribution in [0.1, 0.15) is 15.9 Å². The first-order valence-electron chi connectivity index (χ1n) is 6.39. The average molecular weight is 279 g/mol. The summed E-state index contributed by atoms with van der Waals surface area (Å²) >= 11 is 0. The number of carboxylic acids is 1. The molecule has 1 aromatic rings. The van der Waals surface area contributed by atoms with Crippen LogP contribution in [0.25, 0.3) is 0 Å². The molecule has 1 heterocycles. The molecule has 0 aliphatic carbocycles. The number of benzene rings is 1. The molecule has 1 aliphatic heterocycles. The average Bonchev–Trinajstić information content (AvgIpc) is 2.41. The van der Waals surface area contributed by atoms with Gasteiger partial charge in [0.15, 0.2) is 0 Å². The number of rotatable bonds is 4. The van der Waals surface area contributed by atoms with E-state index in [1.807, 2.05) is 7.05 Å². The van der Waals surface area contributed by atoms with Gasteiger partial charge in [0.25, 0.3) is 5.69 Å². The van der Waals surface area contributed by atoms with Crippen LogP contribution in [-0.2, 0) is 6.54 Å². The lowest BCUT2D eigenvalue weighted by atomic mass is 10.1. The molecule has 0 radical (unpaired) electrons. The van der Waals surface area contributed by atoms with E-state index in [1.165, 1.54) is 6.07 Å². The van der Waals surface area contributed by atoms with Crippen LogP contribution in [0.3, 0.4) is 0 Å². The highest BCUT2D eigenvalue weighted by Gasteiger charge is 2.19. The van der Waals surface area contributed by atoms with Crippen molar-refractivity contribution >= 4 is 11.7 Å². The first-order valence-corrected chi connectivity index (χ1v) is 6.39. The smallest absolute Gasteiger partial charge is 0.336 e. The zero-order valence-electron chi connectivity index (χ0n) is 11.3. The first-order chi connectivity index (χ1) is 9.47. The number of nitrogens with zero attached hydrogens (tertiary/aromatic N) is 3. The normalized spacial score (nSPS) is 17.1. The van der Waals surface area contributed by atoms with Crippen molar-refractivity contribution in [1.82, 2.24) is 9.80 Å². The fourth-order valence-corrected chi connectivity index (χ4v) is 2.26. The van der Waals surface area contributed by atoms with E-state index >= 15 is 0 Å². The van der Waals surface area contributed by atoms with E-state index < -0.39 is 10.9 Å². The SMILES string of the molecule is CN1CCN(Cc2ccc([N+](=O)[O-])cc2C(=O)O)CC1. The highest BCUT2D eigenvalue weighted by molar-refractivity contribution is 5.90. The standard InChI is InChI=1S/C13H17N3O4/c1-14-4-6-15(7-5-14)9-10-2-3-11(16(19)20)8-12(10)13(17)18/h2-3,8H,4-7,9H2,1H3,(H,17,18). The fraction of sp³-hybridized carbons (Fsp3) is 0.462. The van der Waals surface area contributed by atoms with Gasteiger partial charge in [-0.2, -0.15) is 0 Å². The number of aromatic carboxylic acids is 1. The third kappa shape index (κ3) is 3.31. The molecule has 1 saturated heterocycles. The zero-order valence-corrected chi connectivity index (χ0v) is 11.3. The van der Waals surface area contributed by atoms with E-state index in [1.54, 1.807) is 6.07 Å². The second-order valence-electron chi connectivity index (χ2n) is 4.98. The van der Waals surface area contributed by atoms with E-state index in [0.717, 1.165) is 32.2 Å². The third-order valence-electron chi connectivity index (χ3n) is 3.52. The molecule has 1 aliphatic rings. The summed E-state index contributed by atoms with van der Waals surface area (Å²) in [6.07, 6.45) is 0. The molecule has 0 aromatic heterocycles. The number of hydrogen-bond donors (Lipinski definition) is 1. The van der Waals surface area contributed by atoms with Crippen LogP contribution in [-0.4, -0.2) is 59.0 Å². The van der Waals surface area contributed by atoms with Crippen LogP contribution in [0, 0.1) is 10.1 Å². The predicted octanol–water partition coefficient (Wildman–Crippen LogP) is 1.04. The molecule has 0 saturated carbocycles. The molecular formula is C13H17N3O4. The van der Waals surface area contributed by atoms with Gasteiger partial charge in [-0.05, 0) is 12.6 Å². The van der Waals surface area contributed by atoms with Gasteiger partial charge >= 0.3 is 5.97 Å². The summed E-state index contributed by atoms with van der Waals surface area (Å²) in [5.41, 5.74) is 0.440. The summed E-state index contributed by atoms with van der Waals surface area (Å²) in [6.45, 7) is 4.12. The number of carboxylic acid groups (broad SMARTS) is 1. The minimum Gasteiger partial charge on any atom is -0.478 e. The lowest BCUT2D eigenvalue weighted by Crippen LogP contribution is -2.44. The Morgan fingerprint density at radius 3 is 2.55 bits per heavy atom. The summed E-state index contributed by atoms with van der Waals surface area (Å²) in [7, 11) is 2.05. The van der Waals surface area contributed by atoms with Gasteiger partial charge in [0, 0.05) is 44.9 Å². The molecular weight excluding hydrogens is 262 g/mol. The van der Waals surface area contributed by atoms with E-state index in [9.17, 15) is 20.0 Å². The maximum Gasteiger partial charge on any atom is 0.336 e. The number of nitro groups is 1. The summed E-state index contributed by atoms with van der Waals surface area (Å²) in [4.78, 5) is 25.7. The molecule has 0 spiro atoms. The highest BCUT2D eigenvalue weighted by Crippen LogP contribution is 2.20. The number of likely N-dealkylation sites (N-methyl/N-ethyl adjacent to an activating group) is 1. The molecule has 7 nitrogen and oxygen atoms in total. The Bertz CT molecular complexity index is 524. The Morgan fingerprint density at radius 2 is 2.00 bits per heavy atom. The number of piperazine rings is 1. The second kappa shape index (κ2) is 5.98. The molecule has 108 valence electrons. The van der Waals surface area contributed by atoms with Crippen molar-refractivity contribution in [3.63, 3.8) is 0 Å². The van der Waals surface area contributed by atoms with Crippen molar-refractivity contribution in [3.8, 4) is 0 Å². The van der Waals surface area contributed by atoms with E-state index in [2.05, 4.69) is 9.80 Å². The summed E-state index contributed by atoms with van der Waals surface area (Å²) in [5, 5.41) is 19.9. The molecule has 0 amide bonds. The van der Waals surface area contributed by atoms with Gasteiger partial charge in [-0.3, -0.25) is 15.0 Å². The predicted molar refractivity (Wildman–Crippen MR) is 72.8 cm³/mol. The number of hydrogen-bond acceptors (Lipinski definition) is 5. The van der Waals surface area contributed by atoms with Gasteiger partial charge in [0.05, 0.1) is 10.5 Å². The number of nitro benzene ring substituents is 1. The second-order valence-corrected chi connectivity index (χ2v) is 4.98.